The summed E-state index contributed by atoms with van der Waals surface area (Å²) in [7, 11) is 0. The van der Waals surface area contributed by atoms with Crippen molar-refractivity contribution < 1.29 is 4.79 Å². The van der Waals surface area contributed by atoms with Gasteiger partial charge < -0.3 is 10.6 Å². The zero-order valence-corrected chi connectivity index (χ0v) is 16.8. The van der Waals surface area contributed by atoms with Gasteiger partial charge in [0, 0.05) is 27.6 Å². The number of allylic oxidation sites excluding steroid dienone is 2. The van der Waals surface area contributed by atoms with Crippen LogP contribution in [0.25, 0.3) is 0 Å². The van der Waals surface area contributed by atoms with Crippen LogP contribution in [-0.2, 0) is 0 Å². The Hall–Kier alpha value is -1.97. The Morgan fingerprint density at radius 2 is 1.85 bits per heavy atom. The van der Waals surface area contributed by atoms with E-state index in [-0.39, 0.29) is 23.9 Å². The highest BCUT2D eigenvalue weighted by molar-refractivity contribution is 6.36. The molecule has 2 aromatic carbocycles. The average molecular weight is 401 g/mol. The van der Waals surface area contributed by atoms with E-state index in [0.29, 0.717) is 21.5 Å². The lowest BCUT2D eigenvalue weighted by Crippen LogP contribution is -2.34. The molecule has 2 N–H and O–H groups in total. The molecular weight excluding hydrogens is 379 g/mol. The molecule has 0 radical (unpaired) electrons. The van der Waals surface area contributed by atoms with Gasteiger partial charge in [-0.15, -0.1) is 0 Å². The van der Waals surface area contributed by atoms with Crippen molar-refractivity contribution >= 4 is 34.8 Å². The summed E-state index contributed by atoms with van der Waals surface area (Å²) in [6, 6.07) is 11.6. The summed E-state index contributed by atoms with van der Waals surface area (Å²) in [4.78, 5) is 12.8. The molecule has 2 aliphatic rings. The summed E-state index contributed by atoms with van der Waals surface area (Å²) in [6.07, 6.45) is 5.41. The van der Waals surface area contributed by atoms with Gasteiger partial charge in [-0.25, -0.2) is 0 Å². The summed E-state index contributed by atoms with van der Waals surface area (Å²) >= 11 is 13.1. The molecule has 0 aromatic heterocycles. The molecule has 0 saturated carbocycles. The van der Waals surface area contributed by atoms with Crippen LogP contribution in [0.15, 0.2) is 48.6 Å². The van der Waals surface area contributed by atoms with Gasteiger partial charge in [-0.2, -0.15) is 0 Å². The maximum Gasteiger partial charge on any atom is 0.253 e. The largest absolute Gasteiger partial charge is 0.377 e. The van der Waals surface area contributed by atoms with Crippen molar-refractivity contribution in [3.8, 4) is 0 Å². The molecule has 140 valence electrons. The van der Waals surface area contributed by atoms with E-state index in [1.807, 2.05) is 44.2 Å². The topological polar surface area (TPSA) is 41.1 Å². The van der Waals surface area contributed by atoms with E-state index in [0.717, 1.165) is 23.2 Å². The zero-order valence-electron chi connectivity index (χ0n) is 15.3. The third-order valence-corrected chi connectivity index (χ3v) is 6.03. The van der Waals surface area contributed by atoms with Gasteiger partial charge in [-0.3, -0.25) is 4.79 Å². The molecule has 1 aliphatic carbocycles. The third-order valence-electron chi connectivity index (χ3n) is 5.37. The molecule has 2 aromatic rings. The lowest BCUT2D eigenvalue weighted by Gasteiger charge is -2.39. The number of benzene rings is 2. The monoisotopic (exact) mass is 400 g/mol. The Labute approximate surface area is 169 Å². The van der Waals surface area contributed by atoms with Crippen molar-refractivity contribution in [2.75, 3.05) is 5.32 Å². The highest BCUT2D eigenvalue weighted by Gasteiger charge is 2.40. The minimum absolute atomic E-state index is 0.0494. The number of carbonyl (C=O) groups excluding carboxylic acids is 1. The fraction of sp³-hybridized carbons (Fsp3) is 0.318. The lowest BCUT2D eigenvalue weighted by atomic mass is 9.76. The highest BCUT2D eigenvalue weighted by Crippen LogP contribution is 2.52. The number of nitrogens with one attached hydrogen (secondary N) is 2. The van der Waals surface area contributed by atoms with Gasteiger partial charge in [-0.05, 0) is 49.9 Å². The normalized spacial score (nSPS) is 22.9. The molecule has 0 fully saturated rings. The van der Waals surface area contributed by atoms with Crippen LogP contribution in [0.3, 0.4) is 0 Å². The second-order valence-corrected chi connectivity index (χ2v) is 8.32. The van der Waals surface area contributed by atoms with Crippen LogP contribution >= 0.6 is 23.2 Å². The molecule has 5 heteroatoms. The van der Waals surface area contributed by atoms with Gasteiger partial charge in [-0.1, -0.05) is 53.6 Å². The van der Waals surface area contributed by atoms with Crippen LogP contribution < -0.4 is 10.6 Å². The molecule has 1 aliphatic heterocycles. The first-order valence-corrected chi connectivity index (χ1v) is 10.0. The number of hydrogen-bond acceptors (Lipinski definition) is 2. The molecule has 1 heterocycles. The van der Waals surface area contributed by atoms with E-state index >= 15 is 0 Å². The van der Waals surface area contributed by atoms with Crippen molar-refractivity contribution in [2.45, 2.75) is 38.3 Å². The minimum Gasteiger partial charge on any atom is -0.377 e. The van der Waals surface area contributed by atoms with Gasteiger partial charge in [0.05, 0.1) is 17.3 Å². The van der Waals surface area contributed by atoms with E-state index in [1.165, 1.54) is 0 Å². The highest BCUT2D eigenvalue weighted by atomic mass is 35.5. The lowest BCUT2D eigenvalue weighted by molar-refractivity contribution is 0.0943. The molecule has 0 bridgehead atoms. The van der Waals surface area contributed by atoms with Crippen LogP contribution in [0.2, 0.25) is 10.0 Å². The van der Waals surface area contributed by atoms with Gasteiger partial charge >= 0.3 is 0 Å². The Morgan fingerprint density at radius 1 is 1.15 bits per heavy atom. The standard InChI is InChI=1S/C22H22Cl2N2O/c1-12(2)25-22(27)16-9-4-7-14-13-6-3-8-15(13)21(26-20(14)16)19-17(23)10-5-11-18(19)24/h3-7,9-13,15,21,26H,8H2,1-2H3,(H,25,27). The molecule has 3 atom stereocenters. The molecule has 3 nitrogen and oxygen atoms in total. The van der Waals surface area contributed by atoms with Gasteiger partial charge in [0.25, 0.3) is 5.91 Å². The number of halogens is 2. The van der Waals surface area contributed by atoms with E-state index in [2.05, 4.69) is 28.9 Å². The zero-order chi connectivity index (χ0) is 19.1. The fourth-order valence-electron chi connectivity index (χ4n) is 4.24. The number of rotatable bonds is 3. The predicted molar refractivity (Wildman–Crippen MR) is 112 cm³/mol. The molecule has 0 spiro atoms. The summed E-state index contributed by atoms with van der Waals surface area (Å²) in [6.45, 7) is 3.92. The first-order valence-electron chi connectivity index (χ1n) is 9.28. The maximum absolute atomic E-state index is 12.8. The molecule has 0 saturated heterocycles. The van der Waals surface area contributed by atoms with E-state index in [1.54, 1.807) is 0 Å². The second-order valence-electron chi connectivity index (χ2n) is 7.51. The van der Waals surface area contributed by atoms with Crippen molar-refractivity contribution in [1.29, 1.82) is 0 Å². The van der Waals surface area contributed by atoms with E-state index < -0.39 is 0 Å². The molecule has 1 amide bonds. The van der Waals surface area contributed by atoms with Gasteiger partial charge in [0.1, 0.15) is 0 Å². The summed E-state index contributed by atoms with van der Waals surface area (Å²) in [5, 5.41) is 7.92. The third kappa shape index (κ3) is 3.24. The first-order chi connectivity index (χ1) is 13.0. The Kier molecular flexibility index (Phi) is 4.92. The molecular formula is C22H22Cl2N2O. The smallest absolute Gasteiger partial charge is 0.253 e. The molecule has 27 heavy (non-hydrogen) atoms. The van der Waals surface area contributed by atoms with E-state index in [4.69, 9.17) is 23.2 Å². The van der Waals surface area contributed by atoms with Gasteiger partial charge in [0.2, 0.25) is 0 Å². The Bertz CT molecular complexity index is 902. The van der Waals surface area contributed by atoms with Gasteiger partial charge in [0.15, 0.2) is 0 Å². The first kappa shape index (κ1) is 18.4. The Morgan fingerprint density at radius 3 is 2.56 bits per heavy atom. The Balaban J connectivity index is 1.83. The summed E-state index contributed by atoms with van der Waals surface area (Å²) < 4.78 is 0. The van der Waals surface area contributed by atoms with Crippen molar-refractivity contribution in [3.63, 3.8) is 0 Å². The number of para-hydroxylation sites is 1. The van der Waals surface area contributed by atoms with E-state index in [9.17, 15) is 4.79 Å². The summed E-state index contributed by atoms with van der Waals surface area (Å²) in [5.41, 5.74) is 3.60. The summed E-state index contributed by atoms with van der Waals surface area (Å²) in [5.74, 6) is 0.488. The number of fused-ring (bicyclic) bond motifs is 3. The van der Waals surface area contributed by atoms with Crippen LogP contribution in [0, 0.1) is 5.92 Å². The number of hydrogen-bond donors (Lipinski definition) is 2. The molecule has 4 rings (SSSR count). The quantitative estimate of drug-likeness (QED) is 0.624. The SMILES string of the molecule is CC(C)NC(=O)c1cccc2c1NC(c1c(Cl)cccc1Cl)C1CC=CC21. The van der Waals surface area contributed by atoms with Crippen LogP contribution in [0.1, 0.15) is 53.7 Å². The van der Waals surface area contributed by atoms with Crippen molar-refractivity contribution in [3.05, 3.63) is 75.3 Å². The molecule has 3 unspecified atom stereocenters. The minimum atomic E-state index is -0.0706. The maximum atomic E-state index is 12.8. The number of carbonyl (C=O) groups is 1. The predicted octanol–water partition coefficient (Wildman–Crippen LogP) is 5.96. The fourth-order valence-corrected chi connectivity index (χ4v) is 4.88. The number of amides is 1. The average Bonchev–Trinajstić information content (AvgIpc) is 3.10. The van der Waals surface area contributed by atoms with Crippen LogP contribution in [0.4, 0.5) is 5.69 Å². The van der Waals surface area contributed by atoms with Crippen molar-refractivity contribution in [2.24, 2.45) is 5.92 Å². The van der Waals surface area contributed by atoms with Crippen LogP contribution in [-0.4, -0.2) is 11.9 Å². The second kappa shape index (κ2) is 7.21. The van der Waals surface area contributed by atoms with Crippen molar-refractivity contribution in [1.82, 2.24) is 5.32 Å². The number of anilines is 1. The van der Waals surface area contributed by atoms with Crippen LogP contribution in [0.5, 0.6) is 0 Å².